The van der Waals surface area contributed by atoms with Gasteiger partial charge in [0, 0.05) is 5.39 Å². The van der Waals surface area contributed by atoms with E-state index >= 15 is 0 Å². The summed E-state index contributed by atoms with van der Waals surface area (Å²) in [4.78, 5) is 11.4. The number of H-pyrrole nitrogens is 1. The van der Waals surface area contributed by atoms with Gasteiger partial charge in [-0.1, -0.05) is 0 Å². The molecule has 0 spiro atoms. The fourth-order valence-corrected chi connectivity index (χ4v) is 1.88. The highest BCUT2D eigenvalue weighted by molar-refractivity contribution is 9.10. The maximum Gasteiger partial charge on any atom is 0.272 e. The summed E-state index contributed by atoms with van der Waals surface area (Å²) in [6, 6.07) is 3.00. The molecule has 1 aromatic carbocycles. The molecule has 15 heavy (non-hydrogen) atoms. The first-order valence-corrected chi connectivity index (χ1v) is 5.39. The van der Waals surface area contributed by atoms with Crippen molar-refractivity contribution in [1.29, 1.82) is 0 Å². The summed E-state index contributed by atoms with van der Waals surface area (Å²) in [6.07, 6.45) is 0. The van der Waals surface area contributed by atoms with Gasteiger partial charge in [-0.25, -0.2) is 9.49 Å². The number of hydrogen-bond acceptors (Lipinski definition) is 2. The van der Waals surface area contributed by atoms with Crippen LogP contribution in [0.5, 0.6) is 0 Å². The van der Waals surface area contributed by atoms with Crippen molar-refractivity contribution in [2.75, 3.05) is 0 Å². The normalized spacial score (nSPS) is 10.9. The van der Waals surface area contributed by atoms with Crippen molar-refractivity contribution in [2.24, 2.45) is 0 Å². The van der Waals surface area contributed by atoms with E-state index in [0.29, 0.717) is 5.69 Å². The Kier molecular flexibility index (Phi) is 2.75. The van der Waals surface area contributed by atoms with Crippen LogP contribution in [-0.4, -0.2) is 10.2 Å². The lowest BCUT2D eigenvalue weighted by Gasteiger charge is -2.03. The lowest BCUT2D eigenvalue weighted by Crippen LogP contribution is -2.11. The maximum absolute atomic E-state index is 13.7. The number of nitrogens with one attached hydrogen (secondary N) is 1. The minimum Gasteiger partial charge on any atom is -0.267 e. The zero-order valence-corrected chi connectivity index (χ0v) is 9.69. The summed E-state index contributed by atoms with van der Waals surface area (Å²) >= 11 is 8.66. The molecule has 2 rings (SSSR count). The third-order valence-electron chi connectivity index (χ3n) is 2.05. The molecule has 1 N–H and O–H groups in total. The molecule has 0 radical (unpaired) electrons. The number of hydrogen-bond donors (Lipinski definition) is 1. The average Bonchev–Trinajstić information content (AvgIpc) is 2.24. The van der Waals surface area contributed by atoms with Crippen LogP contribution in [0.25, 0.3) is 10.8 Å². The number of fused-ring (bicyclic) bond motifs is 1. The van der Waals surface area contributed by atoms with Gasteiger partial charge in [0.25, 0.3) is 5.56 Å². The van der Waals surface area contributed by atoms with Crippen LogP contribution < -0.4 is 5.56 Å². The van der Waals surface area contributed by atoms with Gasteiger partial charge in [-0.15, -0.1) is 11.6 Å². The third-order valence-corrected chi connectivity index (χ3v) is 2.91. The van der Waals surface area contributed by atoms with E-state index in [0.717, 1.165) is 0 Å². The zero-order valence-electron chi connectivity index (χ0n) is 7.35. The Hall–Kier alpha value is -0.940. The van der Waals surface area contributed by atoms with Crippen LogP contribution in [0.2, 0.25) is 0 Å². The molecule has 0 atom stereocenters. The van der Waals surface area contributed by atoms with Gasteiger partial charge in [-0.05, 0) is 28.1 Å². The van der Waals surface area contributed by atoms with Crippen LogP contribution in [0.3, 0.4) is 0 Å². The molecule has 6 heteroatoms. The van der Waals surface area contributed by atoms with Gasteiger partial charge < -0.3 is 0 Å². The Bertz CT molecular complexity index is 584. The minimum atomic E-state index is -0.512. The lowest BCUT2D eigenvalue weighted by atomic mass is 10.1. The number of alkyl halides is 1. The standard InChI is InChI=1S/C9H5BrClFN2O/c10-5-2-1-4-7(8(5)12)6(3-11)13-14-9(4)15/h1-2H,3H2,(H,14,15). The molecule has 2 aromatic rings. The van der Waals surface area contributed by atoms with Crippen LogP contribution in [0, 0.1) is 5.82 Å². The molecule has 0 bridgehead atoms. The van der Waals surface area contributed by atoms with Crippen LogP contribution in [0.15, 0.2) is 21.4 Å². The van der Waals surface area contributed by atoms with Gasteiger partial charge in [0.2, 0.25) is 0 Å². The molecule has 78 valence electrons. The average molecular weight is 292 g/mol. The number of nitrogens with zero attached hydrogens (tertiary/aromatic N) is 1. The van der Waals surface area contributed by atoms with E-state index in [9.17, 15) is 9.18 Å². The minimum absolute atomic E-state index is 0.0423. The maximum atomic E-state index is 13.7. The highest BCUT2D eigenvalue weighted by Gasteiger charge is 2.12. The van der Waals surface area contributed by atoms with Gasteiger partial charge >= 0.3 is 0 Å². The largest absolute Gasteiger partial charge is 0.272 e. The van der Waals surface area contributed by atoms with Crippen LogP contribution in [0.1, 0.15) is 5.69 Å². The molecular formula is C9H5BrClFN2O. The summed E-state index contributed by atoms with van der Waals surface area (Å²) in [6.45, 7) is 0. The van der Waals surface area contributed by atoms with E-state index in [4.69, 9.17) is 11.6 Å². The zero-order chi connectivity index (χ0) is 11.0. The number of benzene rings is 1. The second kappa shape index (κ2) is 3.90. The molecule has 0 amide bonds. The van der Waals surface area contributed by atoms with Crippen LogP contribution in [-0.2, 0) is 5.88 Å². The summed E-state index contributed by atoms with van der Waals surface area (Å²) < 4.78 is 14.0. The molecule has 0 saturated carbocycles. The van der Waals surface area contributed by atoms with E-state index in [1.165, 1.54) is 12.1 Å². The topological polar surface area (TPSA) is 45.8 Å². The Morgan fingerprint density at radius 1 is 1.53 bits per heavy atom. The lowest BCUT2D eigenvalue weighted by molar-refractivity contribution is 0.631. The van der Waals surface area contributed by atoms with Crippen LogP contribution in [0.4, 0.5) is 4.39 Å². The number of rotatable bonds is 1. The second-order valence-electron chi connectivity index (χ2n) is 2.92. The molecule has 0 fully saturated rings. The number of aromatic nitrogens is 2. The number of aromatic amines is 1. The molecule has 0 unspecified atom stereocenters. The van der Waals surface area contributed by atoms with E-state index in [1.54, 1.807) is 0 Å². The van der Waals surface area contributed by atoms with E-state index in [1.807, 2.05) is 0 Å². The van der Waals surface area contributed by atoms with Crippen LogP contribution >= 0.6 is 27.5 Å². The van der Waals surface area contributed by atoms with Crippen molar-refractivity contribution in [1.82, 2.24) is 10.2 Å². The molecular weight excluding hydrogens is 286 g/mol. The van der Waals surface area contributed by atoms with Crippen molar-refractivity contribution >= 4 is 38.3 Å². The highest BCUT2D eigenvalue weighted by atomic mass is 79.9. The number of halogens is 3. The molecule has 0 saturated heterocycles. The van der Waals surface area contributed by atoms with E-state index in [-0.39, 0.29) is 21.1 Å². The van der Waals surface area contributed by atoms with Crippen molar-refractivity contribution in [3.05, 3.63) is 38.5 Å². The van der Waals surface area contributed by atoms with Gasteiger partial charge in [0.15, 0.2) is 0 Å². The predicted molar refractivity (Wildman–Crippen MR) is 59.6 cm³/mol. The highest BCUT2D eigenvalue weighted by Crippen LogP contribution is 2.25. The molecule has 0 aliphatic rings. The first-order valence-electron chi connectivity index (χ1n) is 4.06. The van der Waals surface area contributed by atoms with E-state index in [2.05, 4.69) is 26.1 Å². The van der Waals surface area contributed by atoms with Gasteiger partial charge in [-0.3, -0.25) is 4.79 Å². The summed E-state index contributed by atoms with van der Waals surface area (Å²) in [7, 11) is 0. The van der Waals surface area contributed by atoms with Gasteiger partial charge in [-0.2, -0.15) is 5.10 Å². The van der Waals surface area contributed by atoms with Crippen molar-refractivity contribution < 1.29 is 4.39 Å². The monoisotopic (exact) mass is 290 g/mol. The first-order chi connectivity index (χ1) is 7.15. The van der Waals surface area contributed by atoms with Crippen molar-refractivity contribution in [3.63, 3.8) is 0 Å². The Labute approximate surface area is 97.4 Å². The molecule has 3 nitrogen and oxygen atoms in total. The predicted octanol–water partition coefficient (Wildman–Crippen LogP) is 2.56. The Balaban J connectivity index is 3.02. The molecule has 1 heterocycles. The van der Waals surface area contributed by atoms with Crippen molar-refractivity contribution in [2.45, 2.75) is 5.88 Å². The molecule has 0 aliphatic carbocycles. The fourth-order valence-electron chi connectivity index (χ4n) is 1.35. The summed E-state index contributed by atoms with van der Waals surface area (Å²) in [5.74, 6) is -0.470. The molecule has 1 aromatic heterocycles. The summed E-state index contributed by atoms with van der Waals surface area (Å²) in [5.41, 5.74) is -0.102. The SMILES string of the molecule is O=c1[nH]nc(CCl)c2c(F)c(Br)ccc12. The van der Waals surface area contributed by atoms with Crippen molar-refractivity contribution in [3.8, 4) is 0 Å². The fraction of sp³-hybridized carbons (Fsp3) is 0.111. The van der Waals surface area contributed by atoms with Gasteiger partial charge in [0.1, 0.15) is 5.82 Å². The molecule has 0 aliphatic heterocycles. The quantitative estimate of drug-likeness (QED) is 0.821. The third kappa shape index (κ3) is 1.66. The summed E-state index contributed by atoms with van der Waals surface area (Å²) in [5, 5.41) is 6.39. The second-order valence-corrected chi connectivity index (χ2v) is 4.04. The Morgan fingerprint density at radius 2 is 2.27 bits per heavy atom. The van der Waals surface area contributed by atoms with Gasteiger partial charge in [0.05, 0.1) is 21.4 Å². The smallest absolute Gasteiger partial charge is 0.267 e. The first kappa shape index (κ1) is 10.6. The van der Waals surface area contributed by atoms with E-state index < -0.39 is 11.4 Å². The Morgan fingerprint density at radius 3 is 2.93 bits per heavy atom.